The van der Waals surface area contributed by atoms with E-state index >= 15 is 0 Å². The van der Waals surface area contributed by atoms with Crippen molar-refractivity contribution in [2.24, 2.45) is 5.10 Å². The number of nitrogens with zero attached hydrogens (tertiary/aromatic N) is 2. The Morgan fingerprint density at radius 2 is 1.92 bits per heavy atom. The van der Waals surface area contributed by atoms with Gasteiger partial charge in [-0.05, 0) is 43.9 Å². The van der Waals surface area contributed by atoms with Crippen molar-refractivity contribution in [1.82, 2.24) is 5.32 Å². The first kappa shape index (κ1) is 16.7. The van der Waals surface area contributed by atoms with Gasteiger partial charge in [0.1, 0.15) is 5.71 Å². The smallest absolute Gasteiger partial charge is 0.267 e. The zero-order valence-corrected chi connectivity index (χ0v) is 14.5. The zero-order chi connectivity index (χ0) is 17.1. The van der Waals surface area contributed by atoms with Crippen LogP contribution in [-0.4, -0.2) is 23.6 Å². The first-order valence-corrected chi connectivity index (χ1v) is 8.83. The van der Waals surface area contributed by atoms with Gasteiger partial charge in [-0.3, -0.25) is 9.59 Å². The molecule has 1 saturated carbocycles. The molecule has 128 valence electrons. The summed E-state index contributed by atoms with van der Waals surface area (Å²) in [6.07, 6.45) is 6.41. The molecule has 1 aromatic rings. The molecule has 0 spiro atoms. The van der Waals surface area contributed by atoms with Crippen molar-refractivity contribution in [1.29, 1.82) is 0 Å². The number of carbonyl (C=O) groups excluding carboxylic acids is 2. The summed E-state index contributed by atoms with van der Waals surface area (Å²) in [4.78, 5) is 24.8. The van der Waals surface area contributed by atoms with Gasteiger partial charge in [0.25, 0.3) is 5.91 Å². The van der Waals surface area contributed by atoms with Crippen LogP contribution in [0.15, 0.2) is 23.3 Å². The van der Waals surface area contributed by atoms with Crippen molar-refractivity contribution in [2.75, 3.05) is 5.01 Å². The lowest BCUT2D eigenvalue weighted by Gasteiger charge is -2.27. The monoisotopic (exact) mass is 327 g/mol. The van der Waals surface area contributed by atoms with Crippen molar-refractivity contribution in [3.8, 4) is 0 Å². The first-order valence-electron chi connectivity index (χ1n) is 8.83. The van der Waals surface area contributed by atoms with Gasteiger partial charge >= 0.3 is 0 Å². The normalized spacial score (nSPS) is 19.2. The van der Waals surface area contributed by atoms with Crippen LogP contribution in [0.5, 0.6) is 0 Å². The fourth-order valence-electron chi connectivity index (χ4n) is 3.37. The quantitative estimate of drug-likeness (QED) is 0.926. The summed E-state index contributed by atoms with van der Waals surface area (Å²) in [7, 11) is 0. The van der Waals surface area contributed by atoms with E-state index in [9.17, 15) is 9.59 Å². The second-order valence-electron chi connectivity index (χ2n) is 6.85. The van der Waals surface area contributed by atoms with E-state index in [0.717, 1.165) is 29.7 Å². The molecule has 0 saturated heterocycles. The van der Waals surface area contributed by atoms with Crippen molar-refractivity contribution < 1.29 is 9.59 Å². The van der Waals surface area contributed by atoms with Gasteiger partial charge in [-0.2, -0.15) is 5.10 Å². The molecule has 0 radical (unpaired) electrons. The second-order valence-corrected chi connectivity index (χ2v) is 6.85. The van der Waals surface area contributed by atoms with Gasteiger partial charge in [-0.25, -0.2) is 5.01 Å². The molecule has 1 aromatic carbocycles. The van der Waals surface area contributed by atoms with Gasteiger partial charge in [0.05, 0.1) is 5.69 Å². The number of benzene rings is 1. The number of aryl methyl sites for hydroxylation is 2. The molecule has 0 atom stereocenters. The average molecular weight is 327 g/mol. The maximum absolute atomic E-state index is 12.5. The fourth-order valence-corrected chi connectivity index (χ4v) is 3.37. The highest BCUT2D eigenvalue weighted by Gasteiger charge is 2.27. The molecule has 3 rings (SSSR count). The van der Waals surface area contributed by atoms with Crippen molar-refractivity contribution in [2.45, 2.75) is 64.8 Å². The molecule has 0 unspecified atom stereocenters. The lowest BCUT2D eigenvalue weighted by molar-refractivity contribution is -0.119. The summed E-state index contributed by atoms with van der Waals surface area (Å²) in [6, 6.07) is 6.18. The maximum Gasteiger partial charge on any atom is 0.267 e. The molecule has 5 nitrogen and oxygen atoms in total. The van der Waals surface area contributed by atoms with Gasteiger partial charge in [0.2, 0.25) is 5.91 Å². The number of amides is 2. The molecule has 2 aliphatic rings. The van der Waals surface area contributed by atoms with Crippen LogP contribution in [0.4, 0.5) is 5.69 Å². The molecule has 0 aromatic heterocycles. The Kier molecular flexibility index (Phi) is 4.97. The molecule has 24 heavy (non-hydrogen) atoms. The van der Waals surface area contributed by atoms with Gasteiger partial charge in [-0.1, -0.05) is 31.4 Å². The Hall–Kier alpha value is -2.17. The molecular formula is C19H25N3O2. The standard InChI is InChI=1S/C19H25N3O2/c1-13-8-9-14(2)17(12-13)22-18(23)11-10-16(21-22)19(24)20-15-6-4-3-5-7-15/h8-9,12,15H,3-7,10-11H2,1-2H3,(H,20,24). The summed E-state index contributed by atoms with van der Waals surface area (Å²) >= 11 is 0. The highest BCUT2D eigenvalue weighted by molar-refractivity contribution is 6.40. The van der Waals surface area contributed by atoms with Gasteiger partial charge < -0.3 is 5.32 Å². The summed E-state index contributed by atoms with van der Waals surface area (Å²) < 4.78 is 0. The van der Waals surface area contributed by atoms with Crippen LogP contribution in [0.1, 0.15) is 56.1 Å². The molecule has 1 aliphatic heterocycles. The molecule has 1 fully saturated rings. The van der Waals surface area contributed by atoms with Gasteiger partial charge in [-0.15, -0.1) is 0 Å². The third-order valence-electron chi connectivity index (χ3n) is 4.83. The van der Waals surface area contributed by atoms with E-state index in [2.05, 4.69) is 10.4 Å². The van der Waals surface area contributed by atoms with Crippen molar-refractivity contribution in [3.05, 3.63) is 29.3 Å². The topological polar surface area (TPSA) is 61.8 Å². The summed E-state index contributed by atoms with van der Waals surface area (Å²) in [5.41, 5.74) is 3.27. The van der Waals surface area contributed by atoms with Crippen LogP contribution in [0.3, 0.4) is 0 Å². The van der Waals surface area contributed by atoms with Crippen LogP contribution in [-0.2, 0) is 9.59 Å². The van der Waals surface area contributed by atoms with Crippen LogP contribution < -0.4 is 10.3 Å². The minimum absolute atomic E-state index is 0.0575. The van der Waals surface area contributed by atoms with Crippen molar-refractivity contribution in [3.63, 3.8) is 0 Å². The highest BCUT2D eigenvalue weighted by Crippen LogP contribution is 2.25. The van der Waals surface area contributed by atoms with Crippen molar-refractivity contribution >= 4 is 23.2 Å². The van der Waals surface area contributed by atoms with E-state index in [4.69, 9.17) is 0 Å². The Morgan fingerprint density at radius 1 is 1.17 bits per heavy atom. The third kappa shape index (κ3) is 3.66. The summed E-state index contributed by atoms with van der Waals surface area (Å²) in [5, 5.41) is 8.89. The van der Waals surface area contributed by atoms with Crippen LogP contribution in [0.25, 0.3) is 0 Å². The van der Waals surface area contributed by atoms with Gasteiger partial charge in [0, 0.05) is 18.9 Å². The van der Waals surface area contributed by atoms with E-state index in [-0.39, 0.29) is 17.9 Å². The molecule has 5 heteroatoms. The Bertz CT molecular complexity index is 675. The van der Waals surface area contributed by atoms with E-state index in [1.807, 2.05) is 32.0 Å². The number of anilines is 1. The fraction of sp³-hybridized carbons (Fsp3) is 0.526. The third-order valence-corrected chi connectivity index (χ3v) is 4.83. The number of hydrogen-bond acceptors (Lipinski definition) is 3. The first-order chi connectivity index (χ1) is 11.5. The van der Waals surface area contributed by atoms with Crippen LogP contribution in [0, 0.1) is 13.8 Å². The predicted octanol–water partition coefficient (Wildman–Crippen LogP) is 3.24. The maximum atomic E-state index is 12.5. The number of hydrazone groups is 1. The Labute approximate surface area is 143 Å². The number of rotatable bonds is 3. The lowest BCUT2D eigenvalue weighted by Crippen LogP contribution is -2.43. The zero-order valence-electron chi connectivity index (χ0n) is 14.5. The molecule has 1 aliphatic carbocycles. The highest BCUT2D eigenvalue weighted by atomic mass is 16.2. The minimum atomic E-state index is -0.121. The average Bonchev–Trinajstić information content (AvgIpc) is 2.58. The van der Waals surface area contributed by atoms with E-state index < -0.39 is 0 Å². The van der Waals surface area contributed by atoms with Gasteiger partial charge in [0.15, 0.2) is 0 Å². The van der Waals surface area contributed by atoms with E-state index in [1.54, 1.807) is 0 Å². The Morgan fingerprint density at radius 3 is 2.67 bits per heavy atom. The molecule has 2 amide bonds. The number of carbonyl (C=O) groups is 2. The summed E-state index contributed by atoms with van der Waals surface area (Å²) in [6.45, 7) is 3.94. The molecular weight excluding hydrogens is 302 g/mol. The van der Waals surface area contributed by atoms with E-state index in [0.29, 0.717) is 18.6 Å². The minimum Gasteiger partial charge on any atom is -0.348 e. The van der Waals surface area contributed by atoms with E-state index in [1.165, 1.54) is 24.3 Å². The second kappa shape index (κ2) is 7.16. The molecule has 1 N–H and O–H groups in total. The SMILES string of the molecule is Cc1ccc(C)c(N2N=C(C(=O)NC3CCCCC3)CCC2=O)c1. The van der Waals surface area contributed by atoms with Crippen LogP contribution >= 0.6 is 0 Å². The molecule has 1 heterocycles. The van der Waals surface area contributed by atoms with Crippen LogP contribution in [0.2, 0.25) is 0 Å². The largest absolute Gasteiger partial charge is 0.348 e. The predicted molar refractivity (Wildman–Crippen MR) is 95.1 cm³/mol. The number of nitrogens with one attached hydrogen (secondary N) is 1. The molecule has 0 bridgehead atoms. The Balaban J connectivity index is 1.79. The summed E-state index contributed by atoms with van der Waals surface area (Å²) in [5.74, 6) is -0.178. The number of hydrogen-bond donors (Lipinski definition) is 1. The lowest BCUT2D eigenvalue weighted by atomic mass is 9.95.